The van der Waals surface area contributed by atoms with Gasteiger partial charge in [0.1, 0.15) is 11.6 Å². The highest BCUT2D eigenvalue weighted by Gasteiger charge is 2.34. The molecule has 9 heteroatoms. The van der Waals surface area contributed by atoms with E-state index < -0.39 is 5.82 Å². The fourth-order valence-electron chi connectivity index (χ4n) is 4.30. The van der Waals surface area contributed by atoms with Crippen LogP contribution in [0.1, 0.15) is 40.0 Å². The van der Waals surface area contributed by atoms with Crippen LogP contribution in [0.3, 0.4) is 0 Å². The molecule has 36 heavy (non-hydrogen) atoms. The highest BCUT2D eigenvalue weighted by Crippen LogP contribution is 2.33. The van der Waals surface area contributed by atoms with E-state index in [1.165, 1.54) is 6.07 Å². The van der Waals surface area contributed by atoms with E-state index in [1.807, 2.05) is 29.0 Å². The first-order valence-corrected chi connectivity index (χ1v) is 12.4. The van der Waals surface area contributed by atoms with Gasteiger partial charge < -0.3 is 10.6 Å². The van der Waals surface area contributed by atoms with Crippen molar-refractivity contribution in [1.82, 2.24) is 24.6 Å². The lowest BCUT2D eigenvalue weighted by molar-refractivity contribution is 0.0723. The number of carbonyl (C=O) groups is 1. The van der Waals surface area contributed by atoms with Crippen LogP contribution in [0.25, 0.3) is 21.8 Å². The topological polar surface area (TPSA) is 89.9 Å². The zero-order chi connectivity index (χ0) is 24.8. The Morgan fingerprint density at radius 1 is 1.19 bits per heavy atom. The number of aromatic nitrogens is 4. The van der Waals surface area contributed by atoms with Gasteiger partial charge in [-0.05, 0) is 42.5 Å². The van der Waals surface area contributed by atoms with Crippen molar-refractivity contribution in [2.75, 3.05) is 5.73 Å². The maximum Gasteiger partial charge on any atom is 0.257 e. The van der Waals surface area contributed by atoms with E-state index in [1.54, 1.807) is 46.4 Å². The average Bonchev–Trinajstić information content (AvgIpc) is 3.42. The minimum Gasteiger partial charge on any atom is -0.383 e. The van der Waals surface area contributed by atoms with E-state index in [0.29, 0.717) is 28.4 Å². The van der Waals surface area contributed by atoms with Gasteiger partial charge in [0, 0.05) is 47.2 Å². The summed E-state index contributed by atoms with van der Waals surface area (Å²) in [6.07, 6.45) is 5.10. The lowest BCUT2D eigenvalue weighted by atomic mass is 10.1. The number of thiophene rings is 1. The first-order valence-electron chi connectivity index (χ1n) is 11.5. The third kappa shape index (κ3) is 4.06. The fraction of sp³-hybridized carbons (Fsp3) is 0.185. The second-order valence-corrected chi connectivity index (χ2v) is 9.62. The molecule has 1 aliphatic carbocycles. The van der Waals surface area contributed by atoms with Crippen LogP contribution in [-0.4, -0.2) is 36.6 Å². The molecule has 5 aromatic rings. The van der Waals surface area contributed by atoms with Gasteiger partial charge in [0.25, 0.3) is 5.91 Å². The Kier molecular flexibility index (Phi) is 5.38. The van der Waals surface area contributed by atoms with E-state index in [-0.39, 0.29) is 23.3 Å². The molecule has 0 radical (unpaired) electrons. The molecule has 1 aliphatic rings. The highest BCUT2D eigenvalue weighted by atomic mass is 32.1. The third-order valence-electron chi connectivity index (χ3n) is 6.30. The summed E-state index contributed by atoms with van der Waals surface area (Å²) in [5, 5.41) is 9.53. The molecule has 4 aromatic heterocycles. The molecular formula is C27H21FN6OS. The summed E-state index contributed by atoms with van der Waals surface area (Å²) in [4.78, 5) is 24.1. The van der Waals surface area contributed by atoms with Crippen LogP contribution in [-0.2, 0) is 13.6 Å². The molecule has 0 spiro atoms. The summed E-state index contributed by atoms with van der Waals surface area (Å²) in [7, 11) is 1.78. The van der Waals surface area contributed by atoms with Gasteiger partial charge in [0.05, 0.1) is 40.4 Å². The number of anilines is 1. The Labute approximate surface area is 210 Å². The number of nitrogens with zero attached hydrogens (tertiary/aromatic N) is 5. The predicted octanol–water partition coefficient (Wildman–Crippen LogP) is 4.50. The van der Waals surface area contributed by atoms with E-state index in [9.17, 15) is 4.79 Å². The molecule has 1 aromatic carbocycles. The Hall–Kier alpha value is -4.29. The average molecular weight is 497 g/mol. The SMILES string of the molecule is Cn1ncc2c(N)nc3cc(F)c(C(=O)N(Cc4ccc(C#Cc5ccsc5)cn4)C4CC4)cc3c21. The number of hydrogen-bond acceptors (Lipinski definition) is 6. The zero-order valence-corrected chi connectivity index (χ0v) is 20.2. The summed E-state index contributed by atoms with van der Waals surface area (Å²) in [6.45, 7) is 0.292. The smallest absolute Gasteiger partial charge is 0.257 e. The van der Waals surface area contributed by atoms with Gasteiger partial charge in [-0.3, -0.25) is 14.5 Å². The summed E-state index contributed by atoms with van der Waals surface area (Å²) in [5.41, 5.74) is 9.63. The molecule has 4 heterocycles. The molecule has 1 fully saturated rings. The number of amides is 1. The summed E-state index contributed by atoms with van der Waals surface area (Å²) < 4.78 is 16.8. The van der Waals surface area contributed by atoms with Crippen molar-refractivity contribution in [1.29, 1.82) is 0 Å². The summed E-state index contributed by atoms with van der Waals surface area (Å²) in [5.74, 6) is 5.48. The summed E-state index contributed by atoms with van der Waals surface area (Å²) in [6, 6.07) is 8.62. The van der Waals surface area contributed by atoms with Crippen molar-refractivity contribution >= 4 is 44.9 Å². The number of hydrogen-bond donors (Lipinski definition) is 1. The second kappa shape index (κ2) is 8.73. The van der Waals surface area contributed by atoms with Crippen molar-refractivity contribution < 1.29 is 9.18 Å². The molecule has 0 unspecified atom stereocenters. The number of fused-ring (bicyclic) bond motifs is 3. The van der Waals surface area contributed by atoms with Gasteiger partial charge in [0.15, 0.2) is 0 Å². The minimum absolute atomic E-state index is 0.00159. The Morgan fingerprint density at radius 3 is 2.75 bits per heavy atom. The molecule has 2 N–H and O–H groups in total. The molecular weight excluding hydrogens is 475 g/mol. The number of benzene rings is 1. The van der Waals surface area contributed by atoms with E-state index in [0.717, 1.165) is 29.7 Å². The molecule has 6 rings (SSSR count). The van der Waals surface area contributed by atoms with Gasteiger partial charge >= 0.3 is 0 Å². The normalized spacial score (nSPS) is 13.1. The number of nitrogens with two attached hydrogens (primary N) is 1. The maximum atomic E-state index is 15.2. The zero-order valence-electron chi connectivity index (χ0n) is 19.4. The Balaban J connectivity index is 1.31. The molecule has 7 nitrogen and oxygen atoms in total. The van der Waals surface area contributed by atoms with Crippen LogP contribution in [0.15, 0.2) is 53.5 Å². The van der Waals surface area contributed by atoms with Crippen molar-refractivity contribution in [3.63, 3.8) is 0 Å². The maximum absolute atomic E-state index is 15.2. The van der Waals surface area contributed by atoms with Crippen molar-refractivity contribution in [3.05, 3.63) is 81.7 Å². The van der Waals surface area contributed by atoms with Crippen LogP contribution < -0.4 is 5.73 Å². The van der Waals surface area contributed by atoms with Crippen molar-refractivity contribution in [2.45, 2.75) is 25.4 Å². The van der Waals surface area contributed by atoms with Crippen molar-refractivity contribution in [2.24, 2.45) is 7.05 Å². The van der Waals surface area contributed by atoms with Crippen LogP contribution in [0.4, 0.5) is 10.2 Å². The fourth-order valence-corrected chi connectivity index (χ4v) is 4.89. The van der Waals surface area contributed by atoms with Gasteiger partial charge in [-0.25, -0.2) is 9.37 Å². The number of aryl methyl sites for hydroxylation is 1. The summed E-state index contributed by atoms with van der Waals surface area (Å²) >= 11 is 1.60. The Morgan fingerprint density at radius 2 is 2.03 bits per heavy atom. The molecule has 1 saturated carbocycles. The van der Waals surface area contributed by atoms with Crippen LogP contribution in [0.5, 0.6) is 0 Å². The van der Waals surface area contributed by atoms with Crippen LogP contribution in [0, 0.1) is 17.7 Å². The van der Waals surface area contributed by atoms with Gasteiger partial charge in [-0.1, -0.05) is 11.8 Å². The molecule has 0 aliphatic heterocycles. The van der Waals surface area contributed by atoms with Crippen LogP contribution >= 0.6 is 11.3 Å². The molecule has 0 atom stereocenters. The van der Waals surface area contributed by atoms with Gasteiger partial charge in [-0.2, -0.15) is 16.4 Å². The van der Waals surface area contributed by atoms with Crippen molar-refractivity contribution in [3.8, 4) is 11.8 Å². The van der Waals surface area contributed by atoms with E-state index >= 15 is 4.39 Å². The number of nitrogen functional groups attached to an aromatic ring is 1. The Bertz CT molecular complexity index is 1680. The predicted molar refractivity (Wildman–Crippen MR) is 138 cm³/mol. The number of rotatable bonds is 4. The third-order valence-corrected chi connectivity index (χ3v) is 6.99. The standard InChI is InChI=1S/C27H21FN6OS/c1-33-25-21-10-20(23(28)11-24(21)32-26(29)22(25)13-31-33)27(35)34(19-6-7-19)14-18-5-4-16(12-30-18)2-3-17-8-9-36-15-17/h4-5,8-13,15,19H,6-7,14H2,1H3,(H2,29,32). The lowest BCUT2D eigenvalue weighted by Gasteiger charge is -2.22. The number of pyridine rings is 2. The molecule has 178 valence electrons. The monoisotopic (exact) mass is 496 g/mol. The molecule has 1 amide bonds. The van der Waals surface area contributed by atoms with E-state index in [4.69, 9.17) is 5.73 Å². The first-order chi connectivity index (χ1) is 17.5. The molecule has 0 saturated heterocycles. The minimum atomic E-state index is -0.626. The lowest BCUT2D eigenvalue weighted by Crippen LogP contribution is -2.33. The first kappa shape index (κ1) is 22.2. The quantitative estimate of drug-likeness (QED) is 0.370. The molecule has 0 bridgehead atoms. The number of halogens is 1. The van der Waals surface area contributed by atoms with E-state index in [2.05, 4.69) is 26.9 Å². The van der Waals surface area contributed by atoms with Gasteiger partial charge in [-0.15, -0.1) is 0 Å². The second-order valence-electron chi connectivity index (χ2n) is 8.84. The largest absolute Gasteiger partial charge is 0.383 e. The number of carbonyl (C=O) groups excluding carboxylic acids is 1. The van der Waals surface area contributed by atoms with Gasteiger partial charge in [0.2, 0.25) is 0 Å². The van der Waals surface area contributed by atoms with Crippen LogP contribution in [0.2, 0.25) is 0 Å². The highest BCUT2D eigenvalue weighted by molar-refractivity contribution is 7.08.